The number of β-lactam (4-membered cyclic amide) rings is 1. The minimum Gasteiger partial charge on any atom is -0.317 e. The highest BCUT2D eigenvalue weighted by atomic mass is 32.2. The van der Waals surface area contributed by atoms with E-state index in [-0.39, 0.29) is 28.1 Å². The second-order valence-electron chi connectivity index (χ2n) is 4.56. The van der Waals surface area contributed by atoms with Crippen molar-refractivity contribution in [2.75, 3.05) is 0 Å². The quantitative estimate of drug-likeness (QED) is 0.627. The Labute approximate surface area is 96.1 Å². The number of amides is 1. The Bertz CT molecular complexity index is 432. The molecule has 1 aromatic heterocycles. The lowest BCUT2D eigenvalue weighted by atomic mass is 9.96. The van der Waals surface area contributed by atoms with Crippen LogP contribution in [0.5, 0.6) is 0 Å². The monoisotopic (exact) mass is 240 g/mol. The number of nitrogens with two attached hydrogens (primary N) is 1. The number of nitrogens with one attached hydrogen (secondary N) is 1. The minimum atomic E-state index is -0.388. The topological polar surface area (TPSA) is 101 Å². The molecule has 0 radical (unpaired) electrons. The minimum absolute atomic E-state index is 0.0297. The summed E-state index contributed by atoms with van der Waals surface area (Å²) < 4.78 is -0.141. The molecule has 2 saturated heterocycles. The third kappa shape index (κ3) is 1.08. The van der Waals surface area contributed by atoms with Gasteiger partial charge in [-0.25, -0.2) is 0 Å². The lowest BCUT2D eigenvalue weighted by Crippen LogP contribution is -2.65. The van der Waals surface area contributed by atoms with Crippen molar-refractivity contribution in [2.45, 2.75) is 36.1 Å². The number of aromatic nitrogens is 4. The van der Waals surface area contributed by atoms with Crippen molar-refractivity contribution in [3.05, 3.63) is 5.82 Å². The summed E-state index contributed by atoms with van der Waals surface area (Å²) >= 11 is 1.69. The van der Waals surface area contributed by atoms with Gasteiger partial charge in [-0.05, 0) is 13.8 Å². The van der Waals surface area contributed by atoms with Gasteiger partial charge in [0.25, 0.3) is 0 Å². The van der Waals surface area contributed by atoms with Gasteiger partial charge in [0.2, 0.25) is 5.91 Å². The van der Waals surface area contributed by atoms with E-state index in [1.54, 1.807) is 16.7 Å². The van der Waals surface area contributed by atoms with Gasteiger partial charge in [0, 0.05) is 4.75 Å². The number of rotatable bonds is 1. The Morgan fingerprint density at radius 1 is 1.56 bits per heavy atom. The van der Waals surface area contributed by atoms with E-state index < -0.39 is 0 Å². The van der Waals surface area contributed by atoms with Crippen LogP contribution in [0.25, 0.3) is 0 Å². The molecule has 3 N–H and O–H groups in total. The summed E-state index contributed by atoms with van der Waals surface area (Å²) in [6, 6.07) is -0.533. The highest BCUT2D eigenvalue weighted by molar-refractivity contribution is 8.01. The zero-order chi connectivity index (χ0) is 11.5. The van der Waals surface area contributed by atoms with Crippen LogP contribution in [0.4, 0.5) is 0 Å². The molecule has 2 aliphatic rings. The Kier molecular flexibility index (Phi) is 1.85. The number of hydrogen-bond acceptors (Lipinski definition) is 6. The number of fused-ring (bicyclic) bond motifs is 1. The fourth-order valence-corrected chi connectivity index (χ4v) is 3.92. The Hall–Kier alpha value is -1.15. The van der Waals surface area contributed by atoms with E-state index in [9.17, 15) is 4.79 Å². The molecule has 7 nitrogen and oxygen atoms in total. The molecule has 0 spiro atoms. The molecule has 3 heterocycles. The number of nitrogens with zero attached hydrogens (tertiary/aromatic N) is 4. The smallest absolute Gasteiger partial charge is 0.244 e. The molecule has 2 aliphatic heterocycles. The van der Waals surface area contributed by atoms with Gasteiger partial charge in [-0.2, -0.15) is 5.21 Å². The molecule has 2 fully saturated rings. The highest BCUT2D eigenvalue weighted by Crippen LogP contribution is 2.56. The van der Waals surface area contributed by atoms with Gasteiger partial charge in [0.05, 0.1) is 0 Å². The van der Waals surface area contributed by atoms with Gasteiger partial charge in [-0.15, -0.1) is 22.0 Å². The molecule has 3 rings (SSSR count). The van der Waals surface area contributed by atoms with E-state index in [1.807, 2.05) is 0 Å². The standard InChI is InChI=1S/C8H12N6OS/c1-8(2)4(5-10-12-13-11-5)14-6(15)3(9)7(14)16-8/h3-4,7H,9H2,1-2H3,(H,10,11,12,13)/t3?,4?,7-/m1/s1. The average Bonchev–Trinajstić information content (AvgIpc) is 2.81. The maximum absolute atomic E-state index is 11.7. The van der Waals surface area contributed by atoms with Crippen LogP contribution in [-0.4, -0.2) is 47.6 Å². The molecule has 86 valence electrons. The van der Waals surface area contributed by atoms with Crippen molar-refractivity contribution in [2.24, 2.45) is 5.73 Å². The summed E-state index contributed by atoms with van der Waals surface area (Å²) in [6.45, 7) is 4.13. The molecule has 1 amide bonds. The lowest BCUT2D eigenvalue weighted by molar-refractivity contribution is -0.147. The van der Waals surface area contributed by atoms with Crippen LogP contribution >= 0.6 is 11.8 Å². The number of carbonyl (C=O) groups is 1. The Morgan fingerprint density at radius 2 is 2.31 bits per heavy atom. The first kappa shape index (κ1) is 10.0. The highest BCUT2D eigenvalue weighted by Gasteiger charge is 2.61. The van der Waals surface area contributed by atoms with Gasteiger partial charge < -0.3 is 10.6 Å². The van der Waals surface area contributed by atoms with E-state index in [0.29, 0.717) is 5.82 Å². The summed E-state index contributed by atoms with van der Waals surface area (Å²) in [5.74, 6) is 0.526. The van der Waals surface area contributed by atoms with Crippen LogP contribution in [0.3, 0.4) is 0 Å². The number of H-pyrrole nitrogens is 1. The SMILES string of the molecule is CC1(C)S[C@@H]2C(N)C(=O)N2C1c1nn[nH]n1. The van der Waals surface area contributed by atoms with E-state index in [1.165, 1.54) is 0 Å². The van der Waals surface area contributed by atoms with Gasteiger partial charge in [-0.3, -0.25) is 4.79 Å². The number of aromatic amines is 1. The molecule has 1 aromatic rings. The van der Waals surface area contributed by atoms with Crippen molar-refractivity contribution in [3.63, 3.8) is 0 Å². The van der Waals surface area contributed by atoms with Crippen LogP contribution in [-0.2, 0) is 4.79 Å². The number of tetrazole rings is 1. The fraction of sp³-hybridized carbons (Fsp3) is 0.750. The molecular formula is C8H12N6OS. The van der Waals surface area contributed by atoms with Crippen molar-refractivity contribution in [1.29, 1.82) is 0 Å². The summed E-state index contributed by atoms with van der Waals surface area (Å²) in [5, 5.41) is 14.0. The maximum atomic E-state index is 11.7. The second kappa shape index (κ2) is 2.95. The van der Waals surface area contributed by atoms with E-state index in [4.69, 9.17) is 5.73 Å². The molecule has 0 saturated carbocycles. The molecule has 0 aromatic carbocycles. The van der Waals surface area contributed by atoms with Crippen LogP contribution in [0.15, 0.2) is 0 Å². The number of thioether (sulfide) groups is 1. The van der Waals surface area contributed by atoms with Crippen LogP contribution in [0.1, 0.15) is 25.7 Å². The van der Waals surface area contributed by atoms with E-state index in [2.05, 4.69) is 34.5 Å². The van der Waals surface area contributed by atoms with Crippen molar-refractivity contribution in [1.82, 2.24) is 25.5 Å². The Morgan fingerprint density at radius 3 is 2.94 bits per heavy atom. The summed E-state index contributed by atoms with van der Waals surface area (Å²) in [4.78, 5) is 13.5. The second-order valence-corrected chi connectivity index (χ2v) is 6.33. The summed E-state index contributed by atoms with van der Waals surface area (Å²) in [7, 11) is 0. The maximum Gasteiger partial charge on any atom is 0.244 e. The largest absolute Gasteiger partial charge is 0.317 e. The molecular weight excluding hydrogens is 228 g/mol. The number of hydrogen-bond donors (Lipinski definition) is 2. The van der Waals surface area contributed by atoms with Crippen LogP contribution in [0, 0.1) is 0 Å². The Balaban J connectivity index is 2.00. The van der Waals surface area contributed by atoms with Gasteiger partial charge in [0.1, 0.15) is 17.5 Å². The van der Waals surface area contributed by atoms with E-state index >= 15 is 0 Å². The molecule has 0 bridgehead atoms. The van der Waals surface area contributed by atoms with Crippen molar-refractivity contribution in [3.8, 4) is 0 Å². The van der Waals surface area contributed by atoms with Crippen LogP contribution in [0.2, 0.25) is 0 Å². The predicted molar refractivity (Wildman–Crippen MR) is 57.2 cm³/mol. The molecule has 3 atom stereocenters. The summed E-state index contributed by atoms with van der Waals surface area (Å²) in [6.07, 6.45) is 0. The number of carbonyl (C=O) groups excluding carboxylic acids is 1. The molecule has 2 unspecified atom stereocenters. The van der Waals surface area contributed by atoms with Gasteiger partial charge in [0.15, 0.2) is 5.82 Å². The zero-order valence-corrected chi connectivity index (χ0v) is 9.73. The predicted octanol–water partition coefficient (Wildman–Crippen LogP) is -0.738. The fourth-order valence-electron chi connectivity index (χ4n) is 2.35. The van der Waals surface area contributed by atoms with Gasteiger partial charge >= 0.3 is 0 Å². The first-order chi connectivity index (χ1) is 7.52. The third-order valence-electron chi connectivity index (χ3n) is 3.09. The first-order valence-corrected chi connectivity index (χ1v) is 5.89. The average molecular weight is 240 g/mol. The molecule has 16 heavy (non-hydrogen) atoms. The van der Waals surface area contributed by atoms with Crippen LogP contribution < -0.4 is 5.73 Å². The first-order valence-electron chi connectivity index (χ1n) is 5.01. The normalized spacial score (nSPS) is 36.1. The van der Waals surface area contributed by atoms with Crippen molar-refractivity contribution >= 4 is 17.7 Å². The van der Waals surface area contributed by atoms with Crippen molar-refractivity contribution < 1.29 is 4.79 Å². The summed E-state index contributed by atoms with van der Waals surface area (Å²) in [5.41, 5.74) is 5.77. The van der Waals surface area contributed by atoms with Gasteiger partial charge in [-0.1, -0.05) is 5.21 Å². The van der Waals surface area contributed by atoms with E-state index in [0.717, 1.165) is 0 Å². The zero-order valence-electron chi connectivity index (χ0n) is 8.91. The third-order valence-corrected chi connectivity index (χ3v) is 4.68. The molecule has 0 aliphatic carbocycles. The lowest BCUT2D eigenvalue weighted by Gasteiger charge is -2.41. The molecule has 8 heteroatoms.